The van der Waals surface area contributed by atoms with Crippen LogP contribution in [0.4, 0.5) is 0 Å². The van der Waals surface area contributed by atoms with Gasteiger partial charge in [-0.25, -0.2) is 8.42 Å². The molecular formula is C16H24N2O3S. The van der Waals surface area contributed by atoms with Gasteiger partial charge in [-0.2, -0.15) is 0 Å². The quantitative estimate of drug-likeness (QED) is 0.824. The summed E-state index contributed by atoms with van der Waals surface area (Å²) in [6, 6.07) is 8.18. The fourth-order valence-corrected chi connectivity index (χ4v) is 4.64. The molecule has 1 saturated heterocycles. The zero-order valence-corrected chi connectivity index (χ0v) is 13.9. The Morgan fingerprint density at radius 2 is 2.09 bits per heavy atom. The lowest BCUT2D eigenvalue weighted by Crippen LogP contribution is -2.37. The first-order valence-corrected chi connectivity index (χ1v) is 9.45. The summed E-state index contributed by atoms with van der Waals surface area (Å²) in [5.74, 6) is 0.406. The highest BCUT2D eigenvalue weighted by atomic mass is 32.2. The SMILES string of the molecule is Cc1ccccc1[C@@H](C)NCC(=O)NC[C@@H]1CCS(=O)(=O)C1. The second kappa shape index (κ2) is 7.24. The van der Waals surface area contributed by atoms with Crippen LogP contribution in [0.3, 0.4) is 0 Å². The van der Waals surface area contributed by atoms with E-state index in [1.54, 1.807) is 0 Å². The van der Waals surface area contributed by atoms with Crippen molar-refractivity contribution in [2.75, 3.05) is 24.6 Å². The van der Waals surface area contributed by atoms with Gasteiger partial charge in [-0.15, -0.1) is 0 Å². The molecule has 1 heterocycles. The minimum Gasteiger partial charge on any atom is -0.355 e. The lowest BCUT2D eigenvalue weighted by Gasteiger charge is -2.17. The molecule has 2 N–H and O–H groups in total. The van der Waals surface area contributed by atoms with E-state index < -0.39 is 9.84 Å². The maximum Gasteiger partial charge on any atom is 0.233 e. The highest BCUT2D eigenvalue weighted by Crippen LogP contribution is 2.17. The van der Waals surface area contributed by atoms with Gasteiger partial charge in [0.1, 0.15) is 0 Å². The van der Waals surface area contributed by atoms with Crippen molar-refractivity contribution in [1.29, 1.82) is 0 Å². The molecule has 0 unspecified atom stereocenters. The van der Waals surface area contributed by atoms with Crippen molar-refractivity contribution in [3.05, 3.63) is 35.4 Å². The molecule has 0 spiro atoms. The zero-order chi connectivity index (χ0) is 16.2. The van der Waals surface area contributed by atoms with Gasteiger partial charge in [0.2, 0.25) is 5.91 Å². The summed E-state index contributed by atoms with van der Waals surface area (Å²) in [6.45, 7) is 4.75. The van der Waals surface area contributed by atoms with Gasteiger partial charge in [0.25, 0.3) is 0 Å². The fraction of sp³-hybridized carbons (Fsp3) is 0.562. The molecule has 1 aromatic carbocycles. The molecule has 0 saturated carbocycles. The van der Waals surface area contributed by atoms with Gasteiger partial charge in [-0.05, 0) is 37.3 Å². The van der Waals surface area contributed by atoms with Gasteiger partial charge in [-0.1, -0.05) is 24.3 Å². The third-order valence-corrected chi connectivity index (χ3v) is 5.98. The van der Waals surface area contributed by atoms with E-state index >= 15 is 0 Å². The van der Waals surface area contributed by atoms with Crippen LogP contribution in [0.2, 0.25) is 0 Å². The minimum atomic E-state index is -2.88. The third-order valence-electron chi connectivity index (χ3n) is 4.14. The van der Waals surface area contributed by atoms with E-state index in [0.29, 0.717) is 13.0 Å². The van der Waals surface area contributed by atoms with E-state index in [-0.39, 0.29) is 35.9 Å². The van der Waals surface area contributed by atoms with E-state index in [1.807, 2.05) is 38.1 Å². The number of hydrogen-bond donors (Lipinski definition) is 2. The number of sulfone groups is 1. The summed E-state index contributed by atoms with van der Waals surface area (Å²) in [4.78, 5) is 11.9. The summed E-state index contributed by atoms with van der Waals surface area (Å²) >= 11 is 0. The number of nitrogens with one attached hydrogen (secondary N) is 2. The lowest BCUT2D eigenvalue weighted by molar-refractivity contribution is -0.120. The van der Waals surface area contributed by atoms with E-state index in [4.69, 9.17) is 0 Å². The van der Waals surface area contributed by atoms with Gasteiger partial charge in [0.05, 0.1) is 18.1 Å². The van der Waals surface area contributed by atoms with E-state index in [1.165, 1.54) is 11.1 Å². The van der Waals surface area contributed by atoms with Gasteiger partial charge in [-0.3, -0.25) is 4.79 Å². The van der Waals surface area contributed by atoms with Gasteiger partial charge < -0.3 is 10.6 Å². The van der Waals surface area contributed by atoms with Crippen molar-refractivity contribution in [1.82, 2.24) is 10.6 Å². The largest absolute Gasteiger partial charge is 0.355 e. The molecule has 0 radical (unpaired) electrons. The Morgan fingerprint density at radius 1 is 1.36 bits per heavy atom. The van der Waals surface area contributed by atoms with Crippen LogP contribution >= 0.6 is 0 Å². The molecule has 0 bridgehead atoms. The molecule has 1 aliphatic heterocycles. The van der Waals surface area contributed by atoms with Crippen molar-refractivity contribution < 1.29 is 13.2 Å². The lowest BCUT2D eigenvalue weighted by atomic mass is 10.0. The summed E-state index contributed by atoms with van der Waals surface area (Å²) in [5.41, 5.74) is 2.37. The number of benzene rings is 1. The highest BCUT2D eigenvalue weighted by Gasteiger charge is 2.27. The van der Waals surface area contributed by atoms with Crippen molar-refractivity contribution in [3.63, 3.8) is 0 Å². The Labute approximate surface area is 132 Å². The molecule has 22 heavy (non-hydrogen) atoms. The first kappa shape index (κ1) is 17.0. The number of amides is 1. The average Bonchev–Trinajstić information content (AvgIpc) is 2.82. The van der Waals surface area contributed by atoms with E-state index in [9.17, 15) is 13.2 Å². The normalized spacial score (nSPS) is 21.5. The maximum absolute atomic E-state index is 11.9. The summed E-state index contributed by atoms with van der Waals surface area (Å²) < 4.78 is 22.7. The molecule has 122 valence electrons. The molecule has 1 aliphatic rings. The molecule has 6 heteroatoms. The Hall–Kier alpha value is -1.40. The first-order valence-electron chi connectivity index (χ1n) is 7.63. The molecule has 5 nitrogen and oxygen atoms in total. The Kier molecular flexibility index (Phi) is 5.58. The number of rotatable bonds is 6. The van der Waals surface area contributed by atoms with Crippen LogP contribution in [-0.2, 0) is 14.6 Å². The van der Waals surface area contributed by atoms with Crippen molar-refractivity contribution in [2.24, 2.45) is 5.92 Å². The Morgan fingerprint density at radius 3 is 2.73 bits per heavy atom. The highest BCUT2D eigenvalue weighted by molar-refractivity contribution is 7.91. The van der Waals surface area contributed by atoms with Crippen molar-refractivity contribution in [2.45, 2.75) is 26.3 Å². The second-order valence-electron chi connectivity index (χ2n) is 6.03. The van der Waals surface area contributed by atoms with Gasteiger partial charge in [0.15, 0.2) is 9.84 Å². The second-order valence-corrected chi connectivity index (χ2v) is 8.26. The summed E-state index contributed by atoms with van der Waals surface area (Å²) in [7, 11) is -2.88. The predicted octanol–water partition coefficient (Wildman–Crippen LogP) is 1.20. The average molecular weight is 324 g/mol. The Bertz CT molecular complexity index is 628. The molecule has 2 rings (SSSR count). The van der Waals surface area contributed by atoms with Gasteiger partial charge in [0, 0.05) is 12.6 Å². The van der Waals surface area contributed by atoms with Crippen LogP contribution in [0.25, 0.3) is 0 Å². The number of carbonyl (C=O) groups excluding carboxylic acids is 1. The summed E-state index contributed by atoms with van der Waals surface area (Å²) in [6.07, 6.45) is 0.648. The Balaban J connectivity index is 1.73. The van der Waals surface area contributed by atoms with Crippen LogP contribution in [0.1, 0.15) is 30.5 Å². The van der Waals surface area contributed by atoms with Crippen LogP contribution in [0.5, 0.6) is 0 Å². The molecule has 0 aromatic heterocycles. The molecular weight excluding hydrogens is 300 g/mol. The predicted molar refractivity (Wildman–Crippen MR) is 87.4 cm³/mol. The van der Waals surface area contributed by atoms with Crippen molar-refractivity contribution in [3.8, 4) is 0 Å². The molecule has 1 amide bonds. The monoisotopic (exact) mass is 324 g/mol. The topological polar surface area (TPSA) is 75.3 Å². The van der Waals surface area contributed by atoms with Crippen LogP contribution in [0, 0.1) is 12.8 Å². The standard InChI is InChI=1S/C16H24N2O3S/c1-12-5-3-4-6-15(12)13(2)17-10-16(19)18-9-14-7-8-22(20,21)11-14/h3-6,13-14,17H,7-11H2,1-2H3,(H,18,19)/t13-,14+/m1/s1. The molecule has 1 aromatic rings. The summed E-state index contributed by atoms with van der Waals surface area (Å²) in [5, 5.41) is 6.02. The number of hydrogen-bond acceptors (Lipinski definition) is 4. The smallest absolute Gasteiger partial charge is 0.233 e. The van der Waals surface area contributed by atoms with Crippen LogP contribution in [-0.4, -0.2) is 38.9 Å². The maximum atomic E-state index is 11.9. The fourth-order valence-electron chi connectivity index (χ4n) is 2.78. The van der Waals surface area contributed by atoms with Gasteiger partial charge >= 0.3 is 0 Å². The van der Waals surface area contributed by atoms with Crippen LogP contribution < -0.4 is 10.6 Å². The zero-order valence-electron chi connectivity index (χ0n) is 13.1. The first-order chi connectivity index (χ1) is 10.4. The van der Waals surface area contributed by atoms with E-state index in [2.05, 4.69) is 10.6 Å². The van der Waals surface area contributed by atoms with Crippen molar-refractivity contribution >= 4 is 15.7 Å². The number of aryl methyl sites for hydroxylation is 1. The molecule has 2 atom stereocenters. The number of carbonyl (C=O) groups is 1. The van der Waals surface area contributed by atoms with Crippen LogP contribution in [0.15, 0.2) is 24.3 Å². The van der Waals surface area contributed by atoms with E-state index in [0.717, 1.165) is 0 Å². The molecule has 0 aliphatic carbocycles. The third kappa shape index (κ3) is 4.81. The molecule has 1 fully saturated rings. The minimum absolute atomic E-state index is 0.0581.